The molecule has 0 bridgehead atoms. The second-order valence-electron chi connectivity index (χ2n) is 6.96. The minimum Gasteiger partial charge on any atom is -0.335 e. The Morgan fingerprint density at radius 2 is 1.81 bits per heavy atom. The van der Waals surface area contributed by atoms with Gasteiger partial charge in [-0.1, -0.05) is 40.9 Å². The topological polar surface area (TPSA) is 46.1 Å². The maximum Gasteiger partial charge on any atom is 0.244 e. The van der Waals surface area contributed by atoms with Crippen LogP contribution in [-0.2, 0) is 24.2 Å². The van der Waals surface area contributed by atoms with Crippen molar-refractivity contribution in [1.29, 1.82) is 0 Å². The number of nitrogens with zero attached hydrogens (tertiary/aromatic N) is 1. The highest BCUT2D eigenvalue weighted by Gasteiger charge is 2.21. The molecule has 2 heterocycles. The molecule has 0 unspecified atom stereocenters. The Labute approximate surface area is 168 Å². The molecule has 27 heavy (non-hydrogen) atoms. The van der Waals surface area contributed by atoms with Crippen molar-refractivity contribution in [2.45, 2.75) is 26.3 Å². The van der Waals surface area contributed by atoms with Crippen molar-refractivity contribution >= 4 is 45.7 Å². The number of nitrogens with one attached hydrogen (secondary N) is 2. The molecule has 140 valence electrons. The molecule has 6 heteroatoms. The second kappa shape index (κ2) is 7.55. The first kappa shape index (κ1) is 18.4. The van der Waals surface area contributed by atoms with Crippen LogP contribution >= 0.6 is 23.2 Å². The minimum absolute atomic E-state index is 0.0539. The molecule has 0 spiro atoms. The fourth-order valence-electron chi connectivity index (χ4n) is 3.74. The number of hydrogen-bond acceptors (Lipinski definition) is 2. The summed E-state index contributed by atoms with van der Waals surface area (Å²) in [5.41, 5.74) is 5.38. The van der Waals surface area contributed by atoms with Gasteiger partial charge in [0.25, 0.3) is 0 Å². The van der Waals surface area contributed by atoms with Gasteiger partial charge in [-0.2, -0.15) is 0 Å². The molecule has 4 rings (SSSR count). The number of aryl methyl sites for hydroxylation is 1. The highest BCUT2D eigenvalue weighted by Crippen LogP contribution is 2.34. The first-order valence-corrected chi connectivity index (χ1v) is 9.85. The van der Waals surface area contributed by atoms with Crippen molar-refractivity contribution in [1.82, 2.24) is 9.88 Å². The third kappa shape index (κ3) is 3.70. The smallest absolute Gasteiger partial charge is 0.244 e. The fraction of sp³-hybridized carbons (Fsp3) is 0.286. The van der Waals surface area contributed by atoms with Crippen LogP contribution in [0.25, 0.3) is 10.9 Å². The van der Waals surface area contributed by atoms with Crippen LogP contribution in [0.2, 0.25) is 10.0 Å². The maximum absolute atomic E-state index is 12.7. The highest BCUT2D eigenvalue weighted by atomic mass is 35.5. The third-order valence-corrected chi connectivity index (χ3v) is 5.78. The quantitative estimate of drug-likeness (QED) is 0.674. The van der Waals surface area contributed by atoms with E-state index >= 15 is 0 Å². The number of aromatic nitrogens is 1. The average Bonchev–Trinajstić information content (AvgIpc) is 2.80. The molecule has 1 aromatic heterocycles. The summed E-state index contributed by atoms with van der Waals surface area (Å²) in [5, 5.41) is 8.55. The van der Waals surface area contributed by atoms with Gasteiger partial charge < -0.3 is 15.2 Å². The van der Waals surface area contributed by atoms with E-state index in [1.54, 1.807) is 0 Å². The lowest BCUT2D eigenvalue weighted by atomic mass is 10.1. The molecule has 0 saturated carbocycles. The summed E-state index contributed by atoms with van der Waals surface area (Å²) in [6.07, 6.45) is 1.79. The van der Waals surface area contributed by atoms with E-state index in [9.17, 15) is 4.79 Å². The van der Waals surface area contributed by atoms with Gasteiger partial charge in [0.2, 0.25) is 5.91 Å². The van der Waals surface area contributed by atoms with Gasteiger partial charge in [-0.15, -0.1) is 0 Å². The van der Waals surface area contributed by atoms with E-state index < -0.39 is 0 Å². The molecule has 3 aromatic rings. The number of hydrogen-bond donors (Lipinski definition) is 2. The lowest BCUT2D eigenvalue weighted by molar-refractivity contribution is -0.116. The highest BCUT2D eigenvalue weighted by molar-refractivity contribution is 6.42. The van der Waals surface area contributed by atoms with Gasteiger partial charge in [0.1, 0.15) is 6.54 Å². The predicted octanol–water partition coefficient (Wildman–Crippen LogP) is 4.58. The molecule has 2 N–H and O–H groups in total. The van der Waals surface area contributed by atoms with Gasteiger partial charge >= 0.3 is 0 Å². The summed E-state index contributed by atoms with van der Waals surface area (Å²) < 4.78 is 2.09. The molecular formula is C21H21Cl2N3O. The largest absolute Gasteiger partial charge is 0.335 e. The van der Waals surface area contributed by atoms with Gasteiger partial charge in [-0.3, -0.25) is 4.79 Å². The van der Waals surface area contributed by atoms with Gasteiger partial charge in [0.05, 0.1) is 15.6 Å². The van der Waals surface area contributed by atoms with Gasteiger partial charge in [0.15, 0.2) is 0 Å². The molecule has 0 saturated heterocycles. The maximum atomic E-state index is 12.7. The molecule has 0 radical (unpaired) electrons. The molecule has 4 nitrogen and oxygen atoms in total. The number of benzene rings is 2. The van der Waals surface area contributed by atoms with Crippen molar-refractivity contribution in [2.75, 3.05) is 18.4 Å². The summed E-state index contributed by atoms with van der Waals surface area (Å²) in [6, 6.07) is 11.6. The van der Waals surface area contributed by atoms with E-state index in [-0.39, 0.29) is 12.5 Å². The molecule has 1 amide bonds. The number of rotatable bonds is 3. The summed E-state index contributed by atoms with van der Waals surface area (Å²) in [6.45, 7) is 4.08. The minimum atomic E-state index is -0.0539. The zero-order valence-corrected chi connectivity index (χ0v) is 16.6. The molecule has 0 fully saturated rings. The number of carbonyl (C=O) groups excluding carboxylic acids is 1. The summed E-state index contributed by atoms with van der Waals surface area (Å²) in [7, 11) is 0. The summed E-state index contributed by atoms with van der Waals surface area (Å²) in [4.78, 5) is 12.7. The number of anilines is 1. The van der Waals surface area contributed by atoms with Gasteiger partial charge in [-0.05, 0) is 49.7 Å². The average molecular weight is 402 g/mol. The second-order valence-corrected chi connectivity index (χ2v) is 7.77. The van der Waals surface area contributed by atoms with Gasteiger partial charge in [-0.25, -0.2) is 0 Å². The van der Waals surface area contributed by atoms with E-state index in [0.29, 0.717) is 10.0 Å². The lowest BCUT2D eigenvalue weighted by Crippen LogP contribution is -2.21. The van der Waals surface area contributed by atoms with Crippen molar-refractivity contribution in [3.63, 3.8) is 0 Å². The Morgan fingerprint density at radius 1 is 1.11 bits per heavy atom. The van der Waals surface area contributed by atoms with E-state index in [1.165, 1.54) is 11.3 Å². The van der Waals surface area contributed by atoms with Crippen LogP contribution < -0.4 is 10.6 Å². The van der Waals surface area contributed by atoms with Crippen LogP contribution in [0.4, 0.5) is 5.69 Å². The van der Waals surface area contributed by atoms with E-state index in [1.807, 2.05) is 43.3 Å². The Kier molecular flexibility index (Phi) is 5.13. The van der Waals surface area contributed by atoms with Crippen LogP contribution in [-0.4, -0.2) is 23.6 Å². The van der Waals surface area contributed by atoms with Crippen LogP contribution in [0.3, 0.4) is 0 Å². The third-order valence-electron chi connectivity index (χ3n) is 5.06. The van der Waals surface area contributed by atoms with Crippen molar-refractivity contribution < 1.29 is 4.79 Å². The Hall–Kier alpha value is -2.01. The summed E-state index contributed by atoms with van der Waals surface area (Å²) in [5.74, 6) is -0.0539. The predicted molar refractivity (Wildman–Crippen MR) is 112 cm³/mol. The Balaban J connectivity index is 1.71. The van der Waals surface area contributed by atoms with E-state index in [0.717, 1.165) is 48.1 Å². The lowest BCUT2D eigenvalue weighted by Gasteiger charge is -2.12. The van der Waals surface area contributed by atoms with Crippen LogP contribution in [0.5, 0.6) is 0 Å². The Bertz CT molecular complexity index is 1010. The SMILES string of the molecule is Cc1ccc(NC(=O)Cn2c3c(c4cc(Cl)c(Cl)cc42)CCNCC3)cc1. The number of carbonyl (C=O) groups is 1. The number of amides is 1. The normalized spacial score (nSPS) is 14.0. The molecule has 2 aromatic carbocycles. The molecule has 0 atom stereocenters. The van der Waals surface area contributed by atoms with Crippen LogP contribution in [0, 0.1) is 6.92 Å². The first-order chi connectivity index (χ1) is 13.0. The van der Waals surface area contributed by atoms with E-state index in [4.69, 9.17) is 23.2 Å². The molecule has 1 aliphatic rings. The fourth-order valence-corrected chi connectivity index (χ4v) is 4.06. The van der Waals surface area contributed by atoms with Crippen molar-refractivity contribution in [2.24, 2.45) is 0 Å². The van der Waals surface area contributed by atoms with Crippen molar-refractivity contribution in [3.05, 3.63) is 63.3 Å². The number of fused-ring (bicyclic) bond motifs is 3. The van der Waals surface area contributed by atoms with E-state index in [2.05, 4.69) is 15.2 Å². The zero-order chi connectivity index (χ0) is 19.0. The zero-order valence-electron chi connectivity index (χ0n) is 15.1. The van der Waals surface area contributed by atoms with Crippen LogP contribution in [0.1, 0.15) is 16.8 Å². The monoisotopic (exact) mass is 401 g/mol. The number of halogens is 2. The molecular weight excluding hydrogens is 381 g/mol. The molecule has 0 aliphatic carbocycles. The standard InChI is InChI=1S/C21H21Cl2N3O/c1-13-2-4-14(5-3-13)25-21(27)12-26-19-7-9-24-8-6-15(19)16-10-17(22)18(23)11-20(16)26/h2-5,10-11,24H,6-9,12H2,1H3,(H,25,27). The van der Waals surface area contributed by atoms with Crippen molar-refractivity contribution in [3.8, 4) is 0 Å². The van der Waals surface area contributed by atoms with Crippen LogP contribution in [0.15, 0.2) is 36.4 Å². The molecule has 1 aliphatic heterocycles. The van der Waals surface area contributed by atoms with Gasteiger partial charge in [0, 0.05) is 29.7 Å². The Morgan fingerprint density at radius 3 is 2.59 bits per heavy atom. The summed E-state index contributed by atoms with van der Waals surface area (Å²) >= 11 is 12.5. The first-order valence-electron chi connectivity index (χ1n) is 9.09.